The summed E-state index contributed by atoms with van der Waals surface area (Å²) in [6.07, 6.45) is -0.482. The fourth-order valence-electron chi connectivity index (χ4n) is 1.10. The molecule has 0 heterocycles. The van der Waals surface area contributed by atoms with Gasteiger partial charge < -0.3 is 10.8 Å². The van der Waals surface area contributed by atoms with Gasteiger partial charge in [0.1, 0.15) is 0 Å². The summed E-state index contributed by atoms with van der Waals surface area (Å²) >= 11 is 0. The van der Waals surface area contributed by atoms with Crippen molar-refractivity contribution in [2.75, 3.05) is 0 Å². The highest BCUT2D eigenvalue weighted by molar-refractivity contribution is 5.67. The van der Waals surface area contributed by atoms with Crippen LogP contribution < -0.4 is 5.73 Å². The van der Waals surface area contributed by atoms with Crippen LogP contribution in [0, 0.1) is 17.5 Å². The molecule has 0 aliphatic heterocycles. The molecule has 0 saturated heterocycles. The molecule has 1 atom stereocenters. The normalized spacial score (nSPS) is 12.5. The first-order valence-electron chi connectivity index (χ1n) is 4.03. The molecule has 0 aliphatic rings. The van der Waals surface area contributed by atoms with Crippen molar-refractivity contribution in [3.63, 3.8) is 0 Å². The maximum Gasteiger partial charge on any atom is 0.305 e. The van der Waals surface area contributed by atoms with E-state index in [0.29, 0.717) is 12.1 Å². The summed E-state index contributed by atoms with van der Waals surface area (Å²) in [6, 6.07) is 0.310. The second-order valence-corrected chi connectivity index (χ2v) is 3.00. The van der Waals surface area contributed by atoms with Gasteiger partial charge in [-0.1, -0.05) is 0 Å². The van der Waals surface area contributed by atoms with Crippen LogP contribution in [0.3, 0.4) is 0 Å². The topological polar surface area (TPSA) is 63.3 Å². The van der Waals surface area contributed by atoms with Gasteiger partial charge in [0.2, 0.25) is 0 Å². The molecule has 1 aromatic carbocycles. The average Bonchev–Trinajstić information content (AvgIpc) is 2.12. The standard InChI is InChI=1S/C9H8F3NO2/c10-5-1-4(2-6(11)9(5)12)7(13)3-8(14)15/h1-2,7H,3,13H2,(H,14,15). The van der Waals surface area contributed by atoms with Crippen LogP contribution in [0.5, 0.6) is 0 Å². The van der Waals surface area contributed by atoms with E-state index in [4.69, 9.17) is 10.8 Å². The smallest absolute Gasteiger partial charge is 0.305 e. The molecule has 0 radical (unpaired) electrons. The fraction of sp³-hybridized carbons (Fsp3) is 0.222. The molecule has 1 rings (SSSR count). The number of aliphatic carboxylic acids is 1. The molecule has 3 N–H and O–H groups in total. The van der Waals surface area contributed by atoms with Crippen LogP contribution in [0.15, 0.2) is 12.1 Å². The van der Waals surface area contributed by atoms with Gasteiger partial charge in [-0.3, -0.25) is 4.79 Å². The first kappa shape index (κ1) is 11.5. The predicted molar refractivity (Wildman–Crippen MR) is 45.5 cm³/mol. The average molecular weight is 219 g/mol. The van der Waals surface area contributed by atoms with Crippen molar-refractivity contribution in [1.82, 2.24) is 0 Å². The number of benzene rings is 1. The third-order valence-corrected chi connectivity index (χ3v) is 1.83. The Hall–Kier alpha value is -1.56. The predicted octanol–water partition coefficient (Wildman–Crippen LogP) is 1.58. The van der Waals surface area contributed by atoms with Crippen LogP contribution in [-0.2, 0) is 4.79 Å². The Morgan fingerprint density at radius 3 is 2.20 bits per heavy atom. The van der Waals surface area contributed by atoms with Crippen LogP contribution in [0.2, 0.25) is 0 Å². The van der Waals surface area contributed by atoms with E-state index in [1.165, 1.54) is 0 Å². The Bertz CT molecular complexity index is 372. The molecule has 6 heteroatoms. The van der Waals surface area contributed by atoms with Crippen LogP contribution in [0.4, 0.5) is 13.2 Å². The zero-order valence-electron chi connectivity index (χ0n) is 7.51. The second-order valence-electron chi connectivity index (χ2n) is 3.00. The van der Waals surface area contributed by atoms with E-state index in [-0.39, 0.29) is 5.56 Å². The van der Waals surface area contributed by atoms with E-state index < -0.39 is 35.9 Å². The number of nitrogens with two attached hydrogens (primary N) is 1. The van der Waals surface area contributed by atoms with Crippen LogP contribution in [0.1, 0.15) is 18.0 Å². The second kappa shape index (κ2) is 4.31. The zero-order valence-corrected chi connectivity index (χ0v) is 7.51. The molecule has 0 saturated carbocycles. The lowest BCUT2D eigenvalue weighted by atomic mass is 10.0. The maximum atomic E-state index is 12.7. The minimum absolute atomic E-state index is 0.0891. The van der Waals surface area contributed by atoms with Gasteiger partial charge in [-0.25, -0.2) is 13.2 Å². The van der Waals surface area contributed by atoms with E-state index >= 15 is 0 Å². The Labute approximate surface area is 83.3 Å². The SMILES string of the molecule is NC(CC(=O)O)c1cc(F)c(F)c(F)c1. The van der Waals surface area contributed by atoms with Crippen LogP contribution in [-0.4, -0.2) is 11.1 Å². The minimum Gasteiger partial charge on any atom is -0.481 e. The lowest BCUT2D eigenvalue weighted by Crippen LogP contribution is -2.15. The number of hydrogen-bond donors (Lipinski definition) is 2. The van der Waals surface area contributed by atoms with Gasteiger partial charge >= 0.3 is 5.97 Å². The molecular weight excluding hydrogens is 211 g/mol. The minimum atomic E-state index is -1.60. The van der Waals surface area contributed by atoms with Gasteiger partial charge in [0.05, 0.1) is 6.42 Å². The zero-order chi connectivity index (χ0) is 11.6. The van der Waals surface area contributed by atoms with E-state index in [0.717, 1.165) is 0 Å². The van der Waals surface area contributed by atoms with Crippen LogP contribution in [0.25, 0.3) is 0 Å². The number of carboxylic acid groups (broad SMARTS) is 1. The van der Waals surface area contributed by atoms with Gasteiger partial charge in [0, 0.05) is 6.04 Å². The molecular formula is C9H8F3NO2. The molecule has 1 unspecified atom stereocenters. The molecule has 3 nitrogen and oxygen atoms in total. The molecule has 0 bridgehead atoms. The highest BCUT2D eigenvalue weighted by atomic mass is 19.2. The molecule has 82 valence electrons. The van der Waals surface area contributed by atoms with Crippen LogP contribution >= 0.6 is 0 Å². The summed E-state index contributed by atoms with van der Waals surface area (Å²) in [7, 11) is 0. The van der Waals surface area contributed by atoms with Crippen molar-refractivity contribution >= 4 is 5.97 Å². The lowest BCUT2D eigenvalue weighted by Gasteiger charge is -2.09. The van der Waals surface area contributed by atoms with Crippen molar-refractivity contribution in [3.05, 3.63) is 35.1 Å². The van der Waals surface area contributed by atoms with Crippen molar-refractivity contribution < 1.29 is 23.1 Å². The summed E-state index contributed by atoms with van der Waals surface area (Å²) in [4.78, 5) is 10.3. The third-order valence-electron chi connectivity index (χ3n) is 1.83. The first-order chi connectivity index (χ1) is 6.91. The van der Waals surface area contributed by atoms with Crippen molar-refractivity contribution in [3.8, 4) is 0 Å². The molecule has 15 heavy (non-hydrogen) atoms. The van der Waals surface area contributed by atoms with Gasteiger partial charge in [0.15, 0.2) is 17.5 Å². The summed E-state index contributed by atoms with van der Waals surface area (Å²) in [5.74, 6) is -5.56. The quantitative estimate of drug-likeness (QED) is 0.758. The summed E-state index contributed by atoms with van der Waals surface area (Å²) < 4.78 is 38.0. The molecule has 0 amide bonds. The van der Waals surface area contributed by atoms with Gasteiger partial charge in [-0.15, -0.1) is 0 Å². The lowest BCUT2D eigenvalue weighted by molar-refractivity contribution is -0.137. The van der Waals surface area contributed by atoms with E-state index in [9.17, 15) is 18.0 Å². The summed E-state index contributed by atoms with van der Waals surface area (Å²) in [5.41, 5.74) is 5.26. The van der Waals surface area contributed by atoms with Gasteiger partial charge in [-0.2, -0.15) is 0 Å². The summed E-state index contributed by atoms with van der Waals surface area (Å²) in [5, 5.41) is 8.40. The highest BCUT2D eigenvalue weighted by Crippen LogP contribution is 2.19. The third kappa shape index (κ3) is 2.69. The Kier molecular flexibility index (Phi) is 3.31. The number of rotatable bonds is 3. The Morgan fingerprint density at radius 2 is 1.80 bits per heavy atom. The van der Waals surface area contributed by atoms with Gasteiger partial charge in [-0.05, 0) is 17.7 Å². The molecule has 0 spiro atoms. The number of halogens is 3. The van der Waals surface area contributed by atoms with E-state index in [1.807, 2.05) is 0 Å². The Morgan fingerprint density at radius 1 is 1.33 bits per heavy atom. The largest absolute Gasteiger partial charge is 0.481 e. The van der Waals surface area contributed by atoms with E-state index in [2.05, 4.69) is 0 Å². The summed E-state index contributed by atoms with van der Waals surface area (Å²) in [6.45, 7) is 0. The monoisotopic (exact) mass is 219 g/mol. The number of carbonyl (C=O) groups is 1. The van der Waals surface area contributed by atoms with Crippen molar-refractivity contribution in [1.29, 1.82) is 0 Å². The molecule has 1 aromatic rings. The molecule has 0 aliphatic carbocycles. The number of carboxylic acids is 1. The fourth-order valence-corrected chi connectivity index (χ4v) is 1.10. The van der Waals surface area contributed by atoms with E-state index in [1.54, 1.807) is 0 Å². The first-order valence-corrected chi connectivity index (χ1v) is 4.03. The Balaban J connectivity index is 3.00. The maximum absolute atomic E-state index is 12.7. The number of hydrogen-bond acceptors (Lipinski definition) is 2. The molecule has 0 fully saturated rings. The molecule has 0 aromatic heterocycles. The highest BCUT2D eigenvalue weighted by Gasteiger charge is 2.16. The van der Waals surface area contributed by atoms with Crippen molar-refractivity contribution in [2.45, 2.75) is 12.5 Å². The van der Waals surface area contributed by atoms with Crippen molar-refractivity contribution in [2.24, 2.45) is 5.73 Å². The van der Waals surface area contributed by atoms with Gasteiger partial charge in [0.25, 0.3) is 0 Å².